The number of rotatable bonds is 12. The van der Waals surface area contributed by atoms with Gasteiger partial charge < -0.3 is 24.1 Å². The van der Waals surface area contributed by atoms with Crippen molar-refractivity contribution in [3.63, 3.8) is 0 Å². The summed E-state index contributed by atoms with van der Waals surface area (Å²) in [6, 6.07) is 14.3. The van der Waals surface area contributed by atoms with Crippen LogP contribution in [0.5, 0.6) is 23.0 Å². The number of aliphatic hydroxyl groups is 1. The van der Waals surface area contributed by atoms with Gasteiger partial charge in [0.15, 0.2) is 27.3 Å². The lowest BCUT2D eigenvalue weighted by Crippen LogP contribution is -2.29. The monoisotopic (exact) mass is 741 g/mol. The zero-order valence-corrected chi connectivity index (χ0v) is 30.0. The number of amides is 1. The van der Waals surface area contributed by atoms with E-state index in [9.17, 15) is 14.7 Å². The molecule has 0 spiro atoms. The fourth-order valence-electron chi connectivity index (χ4n) is 5.31. The van der Waals surface area contributed by atoms with Gasteiger partial charge in [-0.25, -0.2) is 0 Å². The van der Waals surface area contributed by atoms with Crippen LogP contribution >= 0.6 is 46.3 Å². The minimum atomic E-state index is -1.06. The Balaban J connectivity index is 1.40. The summed E-state index contributed by atoms with van der Waals surface area (Å²) in [7, 11) is 0. The maximum atomic E-state index is 13.8. The van der Waals surface area contributed by atoms with Crippen molar-refractivity contribution in [1.82, 2.24) is 10.2 Å². The molecule has 10 nitrogen and oxygen atoms in total. The number of benzene rings is 3. The Bertz CT molecular complexity index is 1920. The molecule has 1 unspecified atom stereocenters. The van der Waals surface area contributed by atoms with Crippen molar-refractivity contribution >= 4 is 68.9 Å². The Kier molecular flexibility index (Phi) is 10.9. The molecule has 1 fully saturated rings. The summed E-state index contributed by atoms with van der Waals surface area (Å²) in [6.45, 7) is 7.68. The minimum Gasteiger partial charge on any atom is -0.507 e. The van der Waals surface area contributed by atoms with Crippen molar-refractivity contribution in [2.24, 2.45) is 5.92 Å². The fourth-order valence-corrected chi connectivity index (χ4v) is 7.74. The third-order valence-electron chi connectivity index (χ3n) is 7.76. The first kappa shape index (κ1) is 34.9. The molecule has 3 heterocycles. The number of nitrogens with zero attached hydrogens (tertiary/aromatic N) is 3. The van der Waals surface area contributed by atoms with E-state index >= 15 is 0 Å². The lowest BCUT2D eigenvalue weighted by atomic mass is 9.95. The molecular weight excluding hydrogens is 709 g/mol. The summed E-state index contributed by atoms with van der Waals surface area (Å²) >= 11 is 14.9. The largest absolute Gasteiger partial charge is 0.507 e. The molecule has 2 aliphatic rings. The quantitative estimate of drug-likeness (QED) is 0.0499. The van der Waals surface area contributed by atoms with Crippen LogP contribution in [0.4, 0.5) is 5.13 Å². The topological polar surface area (TPSA) is 120 Å². The highest BCUT2D eigenvalue weighted by Crippen LogP contribution is 2.46. The number of thioether (sulfide) groups is 1. The fraction of sp³-hybridized carbons (Fsp3) is 0.314. The normalized spacial score (nSPS) is 16.8. The summed E-state index contributed by atoms with van der Waals surface area (Å²) < 4.78 is 23.9. The van der Waals surface area contributed by atoms with Crippen molar-refractivity contribution in [3.8, 4) is 23.0 Å². The molecule has 49 heavy (non-hydrogen) atoms. The second kappa shape index (κ2) is 15.3. The molecule has 256 valence electrons. The number of Topliss-reactive ketones (excluding diaryl/α,β-unsaturated/α-hetero) is 1. The van der Waals surface area contributed by atoms with Gasteiger partial charge in [0, 0.05) is 21.4 Å². The average Bonchev–Trinajstić information content (AvgIpc) is 3.65. The Labute approximate surface area is 301 Å². The van der Waals surface area contributed by atoms with Crippen LogP contribution in [0, 0.1) is 5.92 Å². The first-order chi connectivity index (χ1) is 23.6. The lowest BCUT2D eigenvalue weighted by molar-refractivity contribution is -0.132. The summed E-state index contributed by atoms with van der Waals surface area (Å²) in [5, 5.41) is 21.6. The molecule has 1 atom stereocenters. The molecule has 6 rings (SSSR count). The van der Waals surface area contributed by atoms with Crippen LogP contribution in [0.25, 0.3) is 5.76 Å². The molecule has 1 N–H and O–H groups in total. The number of aliphatic hydroxyl groups excluding tert-OH is 1. The number of fused-ring (bicyclic) bond motifs is 1. The van der Waals surface area contributed by atoms with Gasteiger partial charge >= 0.3 is 5.91 Å². The van der Waals surface area contributed by atoms with E-state index in [4.69, 9.17) is 42.1 Å². The highest BCUT2D eigenvalue weighted by atomic mass is 35.5. The number of hydrogen-bond donors (Lipinski definition) is 1. The van der Waals surface area contributed by atoms with Crippen LogP contribution < -0.4 is 23.8 Å². The Morgan fingerprint density at radius 1 is 1.02 bits per heavy atom. The highest BCUT2D eigenvalue weighted by Gasteiger charge is 2.48. The number of anilines is 1. The predicted molar refractivity (Wildman–Crippen MR) is 191 cm³/mol. The maximum Gasteiger partial charge on any atom is 0.301 e. The number of carbonyl (C=O) groups is 2. The predicted octanol–water partition coefficient (Wildman–Crippen LogP) is 8.36. The van der Waals surface area contributed by atoms with Crippen molar-refractivity contribution in [2.45, 2.75) is 43.3 Å². The summed E-state index contributed by atoms with van der Waals surface area (Å²) in [5.74, 6) is 0.766. The third kappa shape index (κ3) is 7.62. The number of halogens is 2. The van der Waals surface area contributed by atoms with Gasteiger partial charge in [-0.1, -0.05) is 72.3 Å². The zero-order valence-electron chi connectivity index (χ0n) is 26.9. The van der Waals surface area contributed by atoms with Crippen molar-refractivity contribution < 1.29 is 33.6 Å². The van der Waals surface area contributed by atoms with Gasteiger partial charge in [-0.2, -0.15) is 0 Å². The van der Waals surface area contributed by atoms with E-state index in [-0.39, 0.29) is 16.5 Å². The van der Waals surface area contributed by atoms with E-state index in [0.29, 0.717) is 86.6 Å². The average molecular weight is 743 g/mol. The number of ether oxygens (including phenoxy) is 4. The number of aromatic nitrogens is 2. The molecule has 0 bridgehead atoms. The van der Waals surface area contributed by atoms with Crippen molar-refractivity contribution in [3.05, 3.63) is 86.9 Å². The molecule has 1 aromatic heterocycles. The lowest BCUT2D eigenvalue weighted by Gasteiger charge is -2.24. The highest BCUT2D eigenvalue weighted by molar-refractivity contribution is 8.00. The first-order valence-corrected chi connectivity index (χ1v) is 18.2. The summed E-state index contributed by atoms with van der Waals surface area (Å²) in [6.07, 6.45) is 0.852. The SMILES string of the molecule is CCOc1cc(C2/C(=C(\O)c3ccc4c(c3)OCCO4)C(=O)C(=O)N2c2nnc(SCc3ccc(Cl)cc3Cl)s2)ccc1OCCC(C)C. The Morgan fingerprint density at radius 3 is 2.57 bits per heavy atom. The van der Waals surface area contributed by atoms with E-state index in [2.05, 4.69) is 24.0 Å². The molecule has 2 aliphatic heterocycles. The minimum absolute atomic E-state index is 0.116. The Hall–Kier alpha value is -3.97. The van der Waals surface area contributed by atoms with Gasteiger partial charge in [-0.15, -0.1) is 10.2 Å². The zero-order chi connectivity index (χ0) is 34.7. The second-order valence-corrected chi connectivity index (χ2v) is 14.6. The van der Waals surface area contributed by atoms with Crippen molar-refractivity contribution in [2.75, 3.05) is 31.3 Å². The van der Waals surface area contributed by atoms with E-state index in [0.717, 1.165) is 23.3 Å². The molecule has 0 saturated carbocycles. The van der Waals surface area contributed by atoms with E-state index in [1.807, 2.05) is 13.0 Å². The second-order valence-electron chi connectivity index (χ2n) is 11.6. The molecule has 14 heteroatoms. The number of carbonyl (C=O) groups excluding carboxylic acids is 2. The molecule has 3 aromatic carbocycles. The molecule has 1 saturated heterocycles. The number of hydrogen-bond acceptors (Lipinski definition) is 11. The first-order valence-electron chi connectivity index (χ1n) is 15.6. The maximum absolute atomic E-state index is 13.8. The van der Waals surface area contributed by atoms with E-state index < -0.39 is 17.7 Å². The van der Waals surface area contributed by atoms with Gasteiger partial charge in [0.2, 0.25) is 5.13 Å². The Morgan fingerprint density at radius 2 is 1.82 bits per heavy atom. The van der Waals surface area contributed by atoms with Crippen molar-refractivity contribution in [1.29, 1.82) is 0 Å². The van der Waals surface area contributed by atoms with Crippen LogP contribution in [0.2, 0.25) is 10.0 Å². The van der Waals surface area contributed by atoms with Gasteiger partial charge in [-0.05, 0) is 72.9 Å². The van der Waals surface area contributed by atoms with E-state index in [1.54, 1.807) is 48.5 Å². The summed E-state index contributed by atoms with van der Waals surface area (Å²) in [4.78, 5) is 29.0. The molecule has 0 aliphatic carbocycles. The number of ketones is 1. The third-order valence-corrected chi connectivity index (χ3v) is 10.5. The van der Waals surface area contributed by atoms with Gasteiger partial charge in [0.1, 0.15) is 19.0 Å². The van der Waals surface area contributed by atoms with Crippen LogP contribution in [0.1, 0.15) is 49.9 Å². The van der Waals surface area contributed by atoms with Crippen LogP contribution in [-0.4, -0.2) is 53.4 Å². The smallest absolute Gasteiger partial charge is 0.301 e. The van der Waals surface area contributed by atoms with Gasteiger partial charge in [0.25, 0.3) is 5.78 Å². The molecule has 1 amide bonds. The van der Waals surface area contributed by atoms with Crippen LogP contribution in [0.15, 0.2) is 64.5 Å². The van der Waals surface area contributed by atoms with Gasteiger partial charge in [0.05, 0.1) is 24.8 Å². The standard InChI is InChI=1S/C35H33Cl2N3O7S2/c1-4-44-27-15-20(6-9-25(27)45-12-11-19(2)3)30-29(31(41)21-7-10-26-28(16-21)47-14-13-46-26)32(42)33(43)40(30)34-38-39-35(49-34)48-18-22-5-8-23(36)17-24(22)37/h5-10,15-17,19,30,41H,4,11-14,18H2,1-3H3/b31-29+. The summed E-state index contributed by atoms with van der Waals surface area (Å²) in [5.41, 5.74) is 1.54. The molecule has 0 radical (unpaired) electrons. The van der Waals surface area contributed by atoms with Crippen LogP contribution in [0.3, 0.4) is 0 Å². The van der Waals surface area contributed by atoms with Crippen LogP contribution in [-0.2, 0) is 15.3 Å². The van der Waals surface area contributed by atoms with Gasteiger partial charge in [-0.3, -0.25) is 14.5 Å². The molecular formula is C35H33Cl2N3O7S2. The van der Waals surface area contributed by atoms with E-state index in [1.165, 1.54) is 16.7 Å². The molecule has 4 aromatic rings.